The first-order valence-electron chi connectivity index (χ1n) is 5.66. The molecule has 0 saturated carbocycles. The van der Waals surface area contributed by atoms with E-state index in [1.807, 2.05) is 20.8 Å². The van der Waals surface area contributed by atoms with Gasteiger partial charge in [0, 0.05) is 10.9 Å². The van der Waals surface area contributed by atoms with E-state index in [1.54, 1.807) is 6.07 Å². The number of nitrogens with one attached hydrogen (secondary N) is 1. The van der Waals surface area contributed by atoms with Crippen LogP contribution in [-0.2, 0) is 4.79 Å². The number of carbonyl (C=O) groups is 2. The highest BCUT2D eigenvalue weighted by molar-refractivity contribution is 7.14. The molecule has 0 radical (unpaired) electrons. The van der Waals surface area contributed by atoms with Gasteiger partial charge in [-0.2, -0.15) is 0 Å². The van der Waals surface area contributed by atoms with Crippen molar-refractivity contribution in [3.63, 3.8) is 0 Å². The molecule has 1 aromatic rings. The number of amides is 1. The van der Waals surface area contributed by atoms with Crippen LogP contribution in [0.5, 0.6) is 5.75 Å². The quantitative estimate of drug-likeness (QED) is 0.830. The van der Waals surface area contributed by atoms with E-state index in [4.69, 9.17) is 9.84 Å². The average Bonchev–Trinajstić information content (AvgIpc) is 2.58. The Hall–Kier alpha value is -1.56. The Morgan fingerprint density at radius 3 is 2.72 bits per heavy atom. The van der Waals surface area contributed by atoms with Crippen molar-refractivity contribution in [2.45, 2.75) is 33.2 Å². The summed E-state index contributed by atoms with van der Waals surface area (Å²) in [6.07, 6.45) is 0.214. The topological polar surface area (TPSA) is 75.6 Å². The monoisotopic (exact) mass is 271 g/mol. The summed E-state index contributed by atoms with van der Waals surface area (Å²) in [5.74, 6) is -0.772. The van der Waals surface area contributed by atoms with Crippen molar-refractivity contribution in [2.24, 2.45) is 0 Å². The van der Waals surface area contributed by atoms with Gasteiger partial charge in [0.2, 0.25) is 5.91 Å². The summed E-state index contributed by atoms with van der Waals surface area (Å²) in [4.78, 5) is 23.3. The summed E-state index contributed by atoms with van der Waals surface area (Å²) in [6.45, 7) is 5.75. The van der Waals surface area contributed by atoms with Gasteiger partial charge in [-0.25, -0.2) is 4.79 Å². The molecule has 0 aliphatic heterocycles. The van der Waals surface area contributed by atoms with E-state index in [2.05, 4.69) is 5.32 Å². The van der Waals surface area contributed by atoms with Crippen LogP contribution in [-0.4, -0.2) is 29.6 Å². The van der Waals surface area contributed by atoms with Gasteiger partial charge in [-0.05, 0) is 26.8 Å². The fourth-order valence-electron chi connectivity index (χ4n) is 1.39. The number of aromatic carboxylic acids is 1. The van der Waals surface area contributed by atoms with E-state index < -0.39 is 5.97 Å². The fourth-order valence-corrected chi connectivity index (χ4v) is 2.19. The normalized spacial score (nSPS) is 10.4. The third-order valence-electron chi connectivity index (χ3n) is 2.05. The minimum atomic E-state index is -1.00. The molecule has 1 amide bonds. The van der Waals surface area contributed by atoms with Crippen molar-refractivity contribution in [2.75, 3.05) is 6.61 Å². The lowest BCUT2D eigenvalue weighted by atomic mass is 10.3. The standard InChI is InChI=1S/C12H17NO4S/c1-7(2)13-10(14)4-5-17-9-6-8(3)18-11(9)12(15)16/h6-7H,4-5H2,1-3H3,(H,13,14)(H,15,16). The number of rotatable bonds is 6. The molecule has 2 N–H and O–H groups in total. The molecule has 0 aliphatic rings. The first-order valence-corrected chi connectivity index (χ1v) is 6.47. The second kappa shape index (κ2) is 6.39. The molecule has 0 saturated heterocycles. The number of hydrogen-bond acceptors (Lipinski definition) is 4. The first kappa shape index (κ1) is 14.5. The van der Waals surface area contributed by atoms with E-state index in [0.29, 0.717) is 5.75 Å². The van der Waals surface area contributed by atoms with Crippen molar-refractivity contribution in [1.82, 2.24) is 5.32 Å². The number of ether oxygens (including phenoxy) is 1. The second-order valence-electron chi connectivity index (χ2n) is 4.18. The third kappa shape index (κ3) is 4.37. The predicted octanol–water partition coefficient (Wildman–Crippen LogP) is 2.05. The summed E-state index contributed by atoms with van der Waals surface area (Å²) in [7, 11) is 0. The number of carbonyl (C=O) groups excluding carboxylic acids is 1. The van der Waals surface area contributed by atoms with Crippen molar-refractivity contribution in [3.05, 3.63) is 15.8 Å². The molecule has 0 spiro atoms. The molecule has 0 aromatic carbocycles. The highest BCUT2D eigenvalue weighted by Crippen LogP contribution is 2.28. The van der Waals surface area contributed by atoms with E-state index in [-0.39, 0.29) is 29.9 Å². The minimum absolute atomic E-state index is 0.0930. The van der Waals surface area contributed by atoms with Crippen LogP contribution in [0.2, 0.25) is 0 Å². The third-order valence-corrected chi connectivity index (χ3v) is 3.07. The Balaban J connectivity index is 2.49. The number of carboxylic acid groups (broad SMARTS) is 1. The van der Waals surface area contributed by atoms with Gasteiger partial charge in [-0.1, -0.05) is 0 Å². The summed E-state index contributed by atoms with van der Waals surface area (Å²) in [5, 5.41) is 11.7. The average molecular weight is 271 g/mol. The van der Waals surface area contributed by atoms with Gasteiger partial charge in [0.1, 0.15) is 5.75 Å². The Labute approximate surface area is 110 Å². The molecule has 0 fully saturated rings. The summed E-state index contributed by atoms with van der Waals surface area (Å²) in [5.41, 5.74) is 0. The van der Waals surface area contributed by atoms with Crippen molar-refractivity contribution < 1.29 is 19.4 Å². The summed E-state index contributed by atoms with van der Waals surface area (Å²) < 4.78 is 5.34. The number of hydrogen-bond donors (Lipinski definition) is 2. The molecule has 6 heteroatoms. The summed E-state index contributed by atoms with van der Waals surface area (Å²) >= 11 is 1.17. The van der Waals surface area contributed by atoms with Crippen LogP contribution in [0.4, 0.5) is 0 Å². The fraction of sp³-hybridized carbons (Fsp3) is 0.500. The van der Waals surface area contributed by atoms with Crippen LogP contribution in [0.3, 0.4) is 0 Å². The minimum Gasteiger partial charge on any atom is -0.491 e. The van der Waals surface area contributed by atoms with Crippen molar-refractivity contribution in [1.29, 1.82) is 0 Å². The van der Waals surface area contributed by atoms with Crippen LogP contribution < -0.4 is 10.1 Å². The highest BCUT2D eigenvalue weighted by Gasteiger charge is 2.15. The molecule has 0 aliphatic carbocycles. The van der Waals surface area contributed by atoms with Crippen LogP contribution in [0, 0.1) is 6.92 Å². The molecule has 1 rings (SSSR count). The van der Waals surface area contributed by atoms with Crippen LogP contribution in [0.1, 0.15) is 34.8 Å². The lowest BCUT2D eigenvalue weighted by Gasteiger charge is -2.09. The Morgan fingerprint density at radius 2 is 2.17 bits per heavy atom. The molecule has 0 bridgehead atoms. The van der Waals surface area contributed by atoms with Crippen LogP contribution in [0.15, 0.2) is 6.07 Å². The Morgan fingerprint density at radius 1 is 1.50 bits per heavy atom. The van der Waals surface area contributed by atoms with E-state index >= 15 is 0 Å². The van der Waals surface area contributed by atoms with Gasteiger partial charge in [0.05, 0.1) is 13.0 Å². The Kier molecular flexibility index (Phi) is 5.15. The molecular formula is C12H17NO4S. The highest BCUT2D eigenvalue weighted by atomic mass is 32.1. The van der Waals surface area contributed by atoms with Gasteiger partial charge in [-0.3, -0.25) is 4.79 Å². The SMILES string of the molecule is Cc1cc(OCCC(=O)NC(C)C)c(C(=O)O)s1. The smallest absolute Gasteiger partial charge is 0.349 e. The first-order chi connectivity index (χ1) is 8.40. The zero-order chi connectivity index (χ0) is 13.7. The summed E-state index contributed by atoms with van der Waals surface area (Å²) in [6, 6.07) is 1.77. The van der Waals surface area contributed by atoms with Crippen LogP contribution in [0.25, 0.3) is 0 Å². The molecule has 1 heterocycles. The second-order valence-corrected chi connectivity index (χ2v) is 5.43. The number of aryl methyl sites for hydroxylation is 1. The van der Waals surface area contributed by atoms with Gasteiger partial charge < -0.3 is 15.2 Å². The maximum absolute atomic E-state index is 11.4. The van der Waals surface area contributed by atoms with Gasteiger partial charge >= 0.3 is 5.97 Å². The van der Waals surface area contributed by atoms with E-state index in [1.165, 1.54) is 11.3 Å². The molecule has 0 unspecified atom stereocenters. The van der Waals surface area contributed by atoms with Crippen molar-refractivity contribution in [3.8, 4) is 5.75 Å². The number of carboxylic acids is 1. The maximum Gasteiger partial charge on any atom is 0.349 e. The van der Waals surface area contributed by atoms with Crippen molar-refractivity contribution >= 4 is 23.2 Å². The lowest BCUT2D eigenvalue weighted by molar-refractivity contribution is -0.122. The van der Waals surface area contributed by atoms with Gasteiger partial charge in [0.25, 0.3) is 0 Å². The molecule has 18 heavy (non-hydrogen) atoms. The molecule has 100 valence electrons. The number of thiophene rings is 1. The van der Waals surface area contributed by atoms with E-state index in [9.17, 15) is 9.59 Å². The largest absolute Gasteiger partial charge is 0.491 e. The molecule has 0 atom stereocenters. The van der Waals surface area contributed by atoms with E-state index in [0.717, 1.165) is 4.88 Å². The predicted molar refractivity (Wildman–Crippen MR) is 69.4 cm³/mol. The molecule has 5 nitrogen and oxygen atoms in total. The zero-order valence-corrected chi connectivity index (χ0v) is 11.5. The molecular weight excluding hydrogens is 254 g/mol. The Bertz CT molecular complexity index is 439. The zero-order valence-electron chi connectivity index (χ0n) is 10.6. The van der Waals surface area contributed by atoms with Gasteiger partial charge in [0.15, 0.2) is 4.88 Å². The molecule has 1 aromatic heterocycles. The maximum atomic E-state index is 11.4. The van der Waals surface area contributed by atoms with Crippen LogP contribution >= 0.6 is 11.3 Å². The lowest BCUT2D eigenvalue weighted by Crippen LogP contribution is -2.31. The van der Waals surface area contributed by atoms with Gasteiger partial charge in [-0.15, -0.1) is 11.3 Å².